The summed E-state index contributed by atoms with van der Waals surface area (Å²) in [5.41, 5.74) is 0.750. The highest BCUT2D eigenvalue weighted by Gasteiger charge is 2.20. The van der Waals surface area contributed by atoms with E-state index in [0.717, 1.165) is 10.8 Å². The molecule has 0 saturated carbocycles. The quantitative estimate of drug-likeness (QED) is 0.310. The number of halogens is 1. The summed E-state index contributed by atoms with van der Waals surface area (Å²) in [5, 5.41) is 5.05. The van der Waals surface area contributed by atoms with Crippen molar-refractivity contribution in [3.63, 3.8) is 0 Å². The molecular weight excluding hydrogens is 472 g/mol. The molecule has 0 saturated heterocycles. The Bertz CT molecular complexity index is 1420. The van der Waals surface area contributed by atoms with E-state index < -0.39 is 16.1 Å². The minimum absolute atomic E-state index is 0.0458. The lowest BCUT2D eigenvalue weighted by atomic mass is 10.1. The predicted molar refractivity (Wildman–Crippen MR) is 136 cm³/mol. The summed E-state index contributed by atoms with van der Waals surface area (Å²) in [6.45, 7) is 1.87. The molecule has 1 atom stereocenters. The van der Waals surface area contributed by atoms with E-state index in [4.69, 9.17) is 16.3 Å². The zero-order valence-electron chi connectivity index (χ0n) is 18.4. The van der Waals surface area contributed by atoms with Crippen molar-refractivity contribution >= 4 is 49.7 Å². The number of ether oxygens (including phenoxy) is 1. The van der Waals surface area contributed by atoms with Crippen molar-refractivity contribution in [2.75, 3.05) is 10.0 Å². The van der Waals surface area contributed by atoms with Gasteiger partial charge in [-0.2, -0.15) is 0 Å². The van der Waals surface area contributed by atoms with Crippen LogP contribution in [0.25, 0.3) is 10.8 Å². The Morgan fingerprint density at radius 3 is 2.32 bits per heavy atom. The van der Waals surface area contributed by atoms with Crippen LogP contribution in [0.4, 0.5) is 11.4 Å². The number of hydrogen-bond donors (Lipinski definition) is 2. The van der Waals surface area contributed by atoms with Crippen LogP contribution in [0.3, 0.4) is 0 Å². The molecule has 0 aliphatic heterocycles. The van der Waals surface area contributed by atoms with Crippen molar-refractivity contribution in [2.45, 2.75) is 24.3 Å². The van der Waals surface area contributed by atoms with Crippen LogP contribution < -0.4 is 14.8 Å². The van der Waals surface area contributed by atoms with Crippen molar-refractivity contribution in [1.82, 2.24) is 0 Å². The summed E-state index contributed by atoms with van der Waals surface area (Å²) in [6.07, 6.45) is -0.250. The fraction of sp³-hybridized carbons (Fsp3) is 0.115. The molecular formula is C26H23ClN2O4S. The summed E-state index contributed by atoms with van der Waals surface area (Å²) < 4.78 is 33.9. The average Bonchev–Trinajstić information content (AvgIpc) is 2.84. The highest BCUT2D eigenvalue weighted by Crippen LogP contribution is 2.27. The second-order valence-corrected chi connectivity index (χ2v) is 9.68. The number of sulfonamides is 1. The largest absolute Gasteiger partial charge is 0.480 e. The van der Waals surface area contributed by atoms with Gasteiger partial charge >= 0.3 is 0 Å². The number of fused-ring (bicyclic) bond motifs is 1. The van der Waals surface area contributed by atoms with Gasteiger partial charge in [-0.1, -0.05) is 67.1 Å². The van der Waals surface area contributed by atoms with Crippen LogP contribution in [0.1, 0.15) is 13.3 Å². The highest BCUT2D eigenvalue weighted by molar-refractivity contribution is 7.92. The van der Waals surface area contributed by atoms with Gasteiger partial charge in [-0.25, -0.2) is 8.42 Å². The number of carbonyl (C=O) groups is 1. The number of amides is 1. The molecule has 0 bridgehead atoms. The van der Waals surface area contributed by atoms with E-state index in [1.807, 2.05) is 49.4 Å². The maximum atomic E-state index is 12.9. The van der Waals surface area contributed by atoms with Crippen LogP contribution in [0.2, 0.25) is 5.02 Å². The third-order valence-corrected chi connectivity index (χ3v) is 6.94. The molecule has 8 heteroatoms. The molecule has 4 aromatic carbocycles. The molecule has 4 aromatic rings. The molecule has 34 heavy (non-hydrogen) atoms. The maximum absolute atomic E-state index is 12.9. The van der Waals surface area contributed by atoms with Crippen LogP contribution >= 0.6 is 11.6 Å². The first-order chi connectivity index (χ1) is 16.4. The first kappa shape index (κ1) is 23.6. The minimum atomic E-state index is -3.84. The fourth-order valence-electron chi connectivity index (χ4n) is 3.46. The van der Waals surface area contributed by atoms with Gasteiger partial charge in [0.1, 0.15) is 5.75 Å². The van der Waals surface area contributed by atoms with E-state index in [1.165, 1.54) is 24.3 Å². The van der Waals surface area contributed by atoms with Gasteiger partial charge < -0.3 is 10.1 Å². The summed E-state index contributed by atoms with van der Waals surface area (Å²) in [7, 11) is -3.84. The van der Waals surface area contributed by atoms with E-state index in [0.29, 0.717) is 22.9 Å². The van der Waals surface area contributed by atoms with E-state index >= 15 is 0 Å². The van der Waals surface area contributed by atoms with Crippen molar-refractivity contribution < 1.29 is 17.9 Å². The molecule has 1 unspecified atom stereocenters. The van der Waals surface area contributed by atoms with Crippen LogP contribution in [-0.4, -0.2) is 20.4 Å². The number of carbonyl (C=O) groups excluding carboxylic acids is 1. The Labute approximate surface area is 203 Å². The number of rotatable bonds is 8. The van der Waals surface area contributed by atoms with Gasteiger partial charge in [0, 0.05) is 11.1 Å². The van der Waals surface area contributed by atoms with Crippen molar-refractivity contribution in [2.24, 2.45) is 0 Å². The Morgan fingerprint density at radius 2 is 1.59 bits per heavy atom. The smallest absolute Gasteiger partial charge is 0.265 e. The highest BCUT2D eigenvalue weighted by atomic mass is 35.5. The SMILES string of the molecule is CCC(Oc1cccc2ccccc12)C(=O)Nc1ccc(S(=O)(=O)Nc2ccccc2Cl)cc1. The predicted octanol–water partition coefficient (Wildman–Crippen LogP) is 6.09. The third-order valence-electron chi connectivity index (χ3n) is 5.23. The Hall–Kier alpha value is -3.55. The molecule has 0 radical (unpaired) electrons. The second-order valence-electron chi connectivity index (χ2n) is 7.59. The van der Waals surface area contributed by atoms with E-state index in [1.54, 1.807) is 24.3 Å². The van der Waals surface area contributed by atoms with Gasteiger partial charge in [-0.3, -0.25) is 9.52 Å². The molecule has 0 aliphatic rings. The Kier molecular flexibility index (Phi) is 7.05. The number of benzene rings is 4. The minimum Gasteiger partial charge on any atom is -0.480 e. The molecule has 174 valence electrons. The molecule has 6 nitrogen and oxygen atoms in total. The van der Waals surface area contributed by atoms with Crippen LogP contribution in [0.15, 0.2) is 95.9 Å². The second kappa shape index (κ2) is 10.2. The maximum Gasteiger partial charge on any atom is 0.265 e. The summed E-state index contributed by atoms with van der Waals surface area (Å²) in [6, 6.07) is 26.0. The summed E-state index contributed by atoms with van der Waals surface area (Å²) >= 11 is 6.05. The van der Waals surface area contributed by atoms with Crippen LogP contribution in [-0.2, 0) is 14.8 Å². The number of para-hydroxylation sites is 1. The van der Waals surface area contributed by atoms with E-state index in [2.05, 4.69) is 10.0 Å². The molecule has 2 N–H and O–H groups in total. The summed E-state index contributed by atoms with van der Waals surface area (Å²) in [4.78, 5) is 12.9. The molecule has 4 rings (SSSR count). The fourth-order valence-corrected chi connectivity index (χ4v) is 4.78. The lowest BCUT2D eigenvalue weighted by molar-refractivity contribution is -0.122. The average molecular weight is 495 g/mol. The zero-order valence-corrected chi connectivity index (χ0v) is 19.9. The lowest BCUT2D eigenvalue weighted by Crippen LogP contribution is -2.32. The number of nitrogens with one attached hydrogen (secondary N) is 2. The Balaban J connectivity index is 1.45. The number of anilines is 2. The van der Waals surface area contributed by atoms with Crippen LogP contribution in [0, 0.1) is 0 Å². The Morgan fingerprint density at radius 1 is 0.912 bits per heavy atom. The van der Waals surface area contributed by atoms with Crippen molar-refractivity contribution in [3.05, 3.63) is 96.0 Å². The molecule has 0 fully saturated rings. The van der Waals surface area contributed by atoms with Gasteiger partial charge in [0.05, 0.1) is 15.6 Å². The van der Waals surface area contributed by atoms with Gasteiger partial charge in [-0.05, 0) is 54.3 Å². The van der Waals surface area contributed by atoms with Gasteiger partial charge in [0.15, 0.2) is 6.10 Å². The van der Waals surface area contributed by atoms with Gasteiger partial charge in [-0.15, -0.1) is 0 Å². The van der Waals surface area contributed by atoms with E-state index in [-0.39, 0.29) is 16.5 Å². The molecule has 0 aromatic heterocycles. The molecule has 0 aliphatic carbocycles. The lowest BCUT2D eigenvalue weighted by Gasteiger charge is -2.18. The molecule has 1 amide bonds. The standard InChI is InChI=1S/C26H23ClN2O4S/c1-2-24(33-25-13-7-9-18-8-3-4-10-21(18)25)26(30)28-19-14-16-20(17-15-19)34(31,32)29-23-12-6-5-11-22(23)27/h3-17,24,29H,2H2,1H3,(H,28,30). The monoisotopic (exact) mass is 494 g/mol. The third kappa shape index (κ3) is 5.32. The van der Waals surface area contributed by atoms with Crippen LogP contribution in [0.5, 0.6) is 5.75 Å². The first-order valence-electron chi connectivity index (χ1n) is 10.7. The van der Waals surface area contributed by atoms with Crippen molar-refractivity contribution in [1.29, 1.82) is 0 Å². The first-order valence-corrected chi connectivity index (χ1v) is 12.6. The summed E-state index contributed by atoms with van der Waals surface area (Å²) in [5.74, 6) is 0.312. The van der Waals surface area contributed by atoms with Gasteiger partial charge in [0.2, 0.25) is 0 Å². The molecule has 0 spiro atoms. The van der Waals surface area contributed by atoms with E-state index in [9.17, 15) is 13.2 Å². The normalized spacial score (nSPS) is 12.2. The zero-order chi connectivity index (χ0) is 24.1. The number of hydrogen-bond acceptors (Lipinski definition) is 4. The van der Waals surface area contributed by atoms with Gasteiger partial charge in [0.25, 0.3) is 15.9 Å². The van der Waals surface area contributed by atoms with Crippen molar-refractivity contribution in [3.8, 4) is 5.75 Å². The topological polar surface area (TPSA) is 84.5 Å². The molecule has 0 heterocycles.